The van der Waals surface area contributed by atoms with Gasteiger partial charge in [0.25, 0.3) is 0 Å². The number of carbonyl (C=O) groups excluding carboxylic acids is 1. The van der Waals surface area contributed by atoms with E-state index in [1.807, 2.05) is 6.07 Å². The molecule has 5 heteroatoms. The fraction of sp³-hybridized carbons (Fsp3) is 0.750. The molecule has 0 aliphatic rings. The maximum atomic E-state index is 11.0. The molecule has 0 aromatic carbocycles. The van der Waals surface area contributed by atoms with Crippen molar-refractivity contribution < 1.29 is 13.2 Å². The molecule has 0 spiro atoms. The third-order valence-corrected chi connectivity index (χ3v) is 2.94. The molecule has 0 radical (unpaired) electrons. The van der Waals surface area contributed by atoms with E-state index in [1.54, 1.807) is 0 Å². The molecule has 0 bridgehead atoms. The zero-order chi connectivity index (χ0) is 10.7. The number of Topliss-reactive ketones (excluding diaryl/α,β-unsaturated/α-hetero) is 1. The van der Waals surface area contributed by atoms with Crippen molar-refractivity contribution in [2.75, 3.05) is 12.0 Å². The van der Waals surface area contributed by atoms with E-state index in [2.05, 4.69) is 0 Å². The molecule has 0 heterocycles. The van der Waals surface area contributed by atoms with Gasteiger partial charge in [0.1, 0.15) is 21.0 Å². The summed E-state index contributed by atoms with van der Waals surface area (Å²) in [5.41, 5.74) is -1.16. The second-order valence-electron chi connectivity index (χ2n) is 3.38. The lowest BCUT2D eigenvalue weighted by molar-refractivity contribution is -0.123. The Morgan fingerprint density at radius 2 is 2.00 bits per heavy atom. The fourth-order valence-electron chi connectivity index (χ4n) is 0.700. The Morgan fingerprint density at radius 1 is 1.54 bits per heavy atom. The zero-order valence-electron chi connectivity index (χ0n) is 7.99. The van der Waals surface area contributed by atoms with E-state index >= 15 is 0 Å². The SMILES string of the molecule is CC(=O)C(C)(C#N)CCS(C)(=O)=O. The van der Waals surface area contributed by atoms with Gasteiger partial charge < -0.3 is 0 Å². The molecule has 0 aliphatic heterocycles. The summed E-state index contributed by atoms with van der Waals surface area (Å²) in [6.07, 6.45) is 1.16. The van der Waals surface area contributed by atoms with Crippen LogP contribution in [0.3, 0.4) is 0 Å². The van der Waals surface area contributed by atoms with Crippen LogP contribution in [0.4, 0.5) is 0 Å². The minimum atomic E-state index is -3.10. The van der Waals surface area contributed by atoms with E-state index in [1.165, 1.54) is 13.8 Å². The molecule has 4 nitrogen and oxygen atoms in total. The molecule has 0 fully saturated rings. The van der Waals surface area contributed by atoms with Crippen molar-refractivity contribution in [2.45, 2.75) is 20.3 Å². The summed E-state index contributed by atoms with van der Waals surface area (Å²) >= 11 is 0. The highest BCUT2D eigenvalue weighted by atomic mass is 32.2. The Bertz CT molecular complexity index is 339. The highest BCUT2D eigenvalue weighted by molar-refractivity contribution is 7.90. The topological polar surface area (TPSA) is 75.0 Å². The van der Waals surface area contributed by atoms with Crippen LogP contribution in [0.2, 0.25) is 0 Å². The van der Waals surface area contributed by atoms with Crippen LogP contribution >= 0.6 is 0 Å². The van der Waals surface area contributed by atoms with Gasteiger partial charge in [-0.25, -0.2) is 8.42 Å². The molecule has 0 amide bonds. The van der Waals surface area contributed by atoms with Gasteiger partial charge in [-0.05, 0) is 20.3 Å². The highest BCUT2D eigenvalue weighted by Gasteiger charge is 2.30. The van der Waals surface area contributed by atoms with Crippen molar-refractivity contribution >= 4 is 15.6 Å². The molecule has 13 heavy (non-hydrogen) atoms. The first kappa shape index (κ1) is 12.1. The number of hydrogen-bond donors (Lipinski definition) is 0. The number of nitrogens with zero attached hydrogens (tertiary/aromatic N) is 1. The summed E-state index contributed by atoms with van der Waals surface area (Å²) in [6.45, 7) is 2.76. The molecule has 0 saturated carbocycles. The van der Waals surface area contributed by atoms with Gasteiger partial charge in [-0.3, -0.25) is 4.79 Å². The Labute approximate surface area is 78.5 Å². The number of rotatable bonds is 4. The van der Waals surface area contributed by atoms with Gasteiger partial charge in [0.05, 0.1) is 11.8 Å². The van der Waals surface area contributed by atoms with E-state index in [9.17, 15) is 13.2 Å². The lowest BCUT2D eigenvalue weighted by Gasteiger charge is -2.16. The van der Waals surface area contributed by atoms with Crippen LogP contribution in [0, 0.1) is 16.7 Å². The van der Waals surface area contributed by atoms with Gasteiger partial charge >= 0.3 is 0 Å². The summed E-state index contributed by atoms with van der Waals surface area (Å²) < 4.78 is 21.6. The molecular formula is C8H13NO3S. The first-order chi connectivity index (χ1) is 5.71. The van der Waals surface area contributed by atoms with Crippen LogP contribution in [-0.4, -0.2) is 26.2 Å². The van der Waals surface area contributed by atoms with E-state index in [0.717, 1.165) is 6.26 Å². The van der Waals surface area contributed by atoms with Crippen molar-refractivity contribution in [3.63, 3.8) is 0 Å². The predicted molar refractivity (Wildman–Crippen MR) is 48.7 cm³/mol. The smallest absolute Gasteiger partial charge is 0.149 e. The molecule has 0 aromatic heterocycles. The summed E-state index contributed by atoms with van der Waals surface area (Å²) in [7, 11) is -3.10. The quantitative estimate of drug-likeness (QED) is 0.668. The van der Waals surface area contributed by atoms with Crippen molar-refractivity contribution in [1.82, 2.24) is 0 Å². The third-order valence-electron chi connectivity index (χ3n) is 2.00. The molecular weight excluding hydrogens is 190 g/mol. The van der Waals surface area contributed by atoms with E-state index < -0.39 is 15.3 Å². The number of hydrogen-bond acceptors (Lipinski definition) is 4. The number of carbonyl (C=O) groups is 1. The monoisotopic (exact) mass is 203 g/mol. The lowest BCUT2D eigenvalue weighted by Crippen LogP contribution is -2.26. The van der Waals surface area contributed by atoms with Crippen molar-refractivity contribution in [2.24, 2.45) is 5.41 Å². The van der Waals surface area contributed by atoms with Crippen LogP contribution in [-0.2, 0) is 14.6 Å². The molecule has 1 unspecified atom stereocenters. The number of nitriles is 1. The summed E-state index contributed by atoms with van der Waals surface area (Å²) in [4.78, 5) is 11.0. The van der Waals surface area contributed by atoms with Gasteiger partial charge in [-0.2, -0.15) is 5.26 Å². The maximum absolute atomic E-state index is 11.0. The maximum Gasteiger partial charge on any atom is 0.149 e. The largest absolute Gasteiger partial charge is 0.298 e. The van der Waals surface area contributed by atoms with E-state index in [-0.39, 0.29) is 18.0 Å². The van der Waals surface area contributed by atoms with Crippen LogP contribution in [0.15, 0.2) is 0 Å². The first-order valence-corrected chi connectivity index (χ1v) is 5.87. The standard InChI is InChI=1S/C8H13NO3S/c1-7(10)8(2,6-9)4-5-13(3,11)12/h4-5H2,1-3H3. The van der Waals surface area contributed by atoms with Crippen LogP contribution in [0.25, 0.3) is 0 Å². The number of sulfone groups is 1. The van der Waals surface area contributed by atoms with E-state index in [4.69, 9.17) is 5.26 Å². The van der Waals surface area contributed by atoms with E-state index in [0.29, 0.717) is 0 Å². The lowest BCUT2D eigenvalue weighted by atomic mass is 9.85. The Kier molecular flexibility index (Phi) is 3.61. The Hall–Kier alpha value is -0.890. The molecule has 0 N–H and O–H groups in total. The van der Waals surface area contributed by atoms with Gasteiger partial charge in [0, 0.05) is 6.26 Å². The van der Waals surface area contributed by atoms with Crippen molar-refractivity contribution in [3.05, 3.63) is 0 Å². The zero-order valence-corrected chi connectivity index (χ0v) is 8.81. The normalized spacial score (nSPS) is 15.8. The van der Waals surface area contributed by atoms with Crippen molar-refractivity contribution in [1.29, 1.82) is 5.26 Å². The van der Waals surface area contributed by atoms with Gasteiger partial charge in [0.15, 0.2) is 0 Å². The average molecular weight is 203 g/mol. The van der Waals surface area contributed by atoms with Crippen LogP contribution in [0.1, 0.15) is 20.3 Å². The van der Waals surface area contributed by atoms with Gasteiger partial charge in [-0.1, -0.05) is 0 Å². The van der Waals surface area contributed by atoms with Gasteiger partial charge in [0.2, 0.25) is 0 Å². The third kappa shape index (κ3) is 4.04. The molecule has 74 valence electrons. The molecule has 1 atom stereocenters. The Balaban J connectivity index is 4.52. The van der Waals surface area contributed by atoms with Crippen molar-refractivity contribution in [3.8, 4) is 6.07 Å². The molecule has 0 saturated heterocycles. The summed E-state index contributed by atoms with van der Waals surface area (Å²) in [5.74, 6) is -0.421. The van der Waals surface area contributed by atoms with Crippen LogP contribution < -0.4 is 0 Å². The first-order valence-electron chi connectivity index (χ1n) is 3.81. The predicted octanol–water partition coefficient (Wildman–Crippen LogP) is 0.540. The number of ketones is 1. The average Bonchev–Trinajstić information content (AvgIpc) is 1.98. The molecule has 0 aromatic rings. The molecule has 0 rings (SSSR count). The Morgan fingerprint density at radius 3 is 2.23 bits per heavy atom. The second kappa shape index (κ2) is 3.88. The minimum Gasteiger partial charge on any atom is -0.298 e. The summed E-state index contributed by atoms with van der Waals surface area (Å²) in [6, 6.07) is 1.84. The second-order valence-corrected chi connectivity index (χ2v) is 5.64. The highest BCUT2D eigenvalue weighted by Crippen LogP contribution is 2.21. The molecule has 0 aliphatic carbocycles. The fourth-order valence-corrected chi connectivity index (χ4v) is 1.48. The van der Waals surface area contributed by atoms with Gasteiger partial charge in [-0.15, -0.1) is 0 Å². The summed E-state index contributed by atoms with van der Waals surface area (Å²) in [5, 5.41) is 8.69. The minimum absolute atomic E-state index is 0.0671. The van der Waals surface area contributed by atoms with Crippen LogP contribution in [0.5, 0.6) is 0 Å².